The molecule has 1 amide bonds. The van der Waals surface area contributed by atoms with Crippen molar-refractivity contribution in [2.24, 2.45) is 5.73 Å². The van der Waals surface area contributed by atoms with Gasteiger partial charge in [-0.05, 0) is 36.1 Å². The first kappa shape index (κ1) is 17.8. The Morgan fingerprint density at radius 2 is 2.19 bits per heavy atom. The van der Waals surface area contributed by atoms with Crippen molar-refractivity contribution < 1.29 is 14.6 Å². The van der Waals surface area contributed by atoms with Crippen LogP contribution in [0.2, 0.25) is 0 Å². The number of carbonyl (C=O) groups is 1. The van der Waals surface area contributed by atoms with Gasteiger partial charge in [0.2, 0.25) is 5.91 Å². The summed E-state index contributed by atoms with van der Waals surface area (Å²) in [6.07, 6.45) is 0.302. The van der Waals surface area contributed by atoms with Crippen LogP contribution in [0.3, 0.4) is 0 Å². The first-order valence-corrected chi connectivity index (χ1v) is 9.89. The molecule has 2 heterocycles. The zero-order valence-corrected chi connectivity index (χ0v) is 16.0. The van der Waals surface area contributed by atoms with Gasteiger partial charge in [0.05, 0.1) is 6.54 Å². The lowest BCUT2D eigenvalue weighted by Crippen LogP contribution is -2.35. The van der Waals surface area contributed by atoms with Crippen molar-refractivity contribution in [3.8, 4) is 22.6 Å². The van der Waals surface area contributed by atoms with E-state index < -0.39 is 0 Å². The smallest absolute Gasteiger partial charge is 0.224 e. The Hall–Kier alpha value is -2.57. The number of benzene rings is 2. The van der Waals surface area contributed by atoms with Crippen LogP contribution in [-0.2, 0) is 11.3 Å². The van der Waals surface area contributed by atoms with E-state index in [9.17, 15) is 9.90 Å². The molecular formula is C21H22N2O3S. The fraction of sp³-hybridized carbons (Fsp3) is 0.286. The topological polar surface area (TPSA) is 75.8 Å². The van der Waals surface area contributed by atoms with Crippen LogP contribution >= 0.6 is 11.3 Å². The molecule has 0 saturated carbocycles. The number of aromatic hydroxyl groups is 1. The number of nitrogens with two attached hydrogens (primary N) is 1. The Kier molecular flexibility index (Phi) is 4.76. The number of phenols is 1. The summed E-state index contributed by atoms with van der Waals surface area (Å²) in [5, 5.41) is 13.8. The third kappa shape index (κ3) is 3.50. The maximum Gasteiger partial charge on any atom is 0.224 e. The predicted octanol–water partition coefficient (Wildman–Crippen LogP) is 3.73. The second-order valence-electron chi connectivity index (χ2n) is 6.97. The van der Waals surface area contributed by atoms with Gasteiger partial charge < -0.3 is 20.5 Å². The maximum atomic E-state index is 12.5. The second kappa shape index (κ2) is 7.21. The fourth-order valence-electron chi connectivity index (χ4n) is 3.47. The average molecular weight is 382 g/mol. The van der Waals surface area contributed by atoms with Gasteiger partial charge in [0, 0.05) is 40.2 Å². The van der Waals surface area contributed by atoms with Crippen molar-refractivity contribution >= 4 is 27.3 Å². The van der Waals surface area contributed by atoms with Gasteiger partial charge >= 0.3 is 0 Å². The lowest BCUT2D eigenvalue weighted by molar-refractivity contribution is -0.132. The number of phenolic OH excluding ortho intramolecular Hbond substituents is 1. The zero-order valence-electron chi connectivity index (χ0n) is 15.1. The molecule has 0 aliphatic carbocycles. The van der Waals surface area contributed by atoms with Crippen molar-refractivity contribution in [3.63, 3.8) is 0 Å². The lowest BCUT2D eigenvalue weighted by atomic mass is 10.0. The molecule has 3 N–H and O–H groups in total. The van der Waals surface area contributed by atoms with Crippen molar-refractivity contribution in [2.75, 3.05) is 13.2 Å². The van der Waals surface area contributed by atoms with Crippen LogP contribution in [0, 0.1) is 0 Å². The highest BCUT2D eigenvalue weighted by atomic mass is 32.1. The molecule has 4 rings (SSSR count). The number of hydrogen-bond donors (Lipinski definition) is 2. The number of rotatable bonds is 3. The van der Waals surface area contributed by atoms with Gasteiger partial charge in [0.25, 0.3) is 0 Å². The molecule has 0 saturated heterocycles. The summed E-state index contributed by atoms with van der Waals surface area (Å²) in [7, 11) is 0. The van der Waals surface area contributed by atoms with Crippen LogP contribution in [0.4, 0.5) is 0 Å². The van der Waals surface area contributed by atoms with Crippen LogP contribution in [0.25, 0.3) is 21.2 Å². The summed E-state index contributed by atoms with van der Waals surface area (Å²) in [4.78, 5) is 14.2. The van der Waals surface area contributed by atoms with Crippen molar-refractivity contribution in [1.82, 2.24) is 4.90 Å². The Morgan fingerprint density at radius 1 is 1.37 bits per heavy atom. The van der Waals surface area contributed by atoms with Crippen LogP contribution in [0.1, 0.15) is 18.9 Å². The molecule has 1 atom stereocenters. The van der Waals surface area contributed by atoms with Crippen molar-refractivity contribution in [3.05, 3.63) is 47.3 Å². The maximum absolute atomic E-state index is 12.5. The molecule has 140 valence electrons. The molecule has 27 heavy (non-hydrogen) atoms. The Labute approximate surface area is 162 Å². The highest BCUT2D eigenvalue weighted by molar-refractivity contribution is 7.17. The van der Waals surface area contributed by atoms with Crippen LogP contribution in [0.5, 0.6) is 11.5 Å². The van der Waals surface area contributed by atoms with Crippen LogP contribution in [-0.4, -0.2) is 35.1 Å². The van der Waals surface area contributed by atoms with E-state index in [1.165, 1.54) is 4.70 Å². The summed E-state index contributed by atoms with van der Waals surface area (Å²) >= 11 is 1.68. The van der Waals surface area contributed by atoms with Gasteiger partial charge in [-0.2, -0.15) is 0 Å². The molecule has 2 aromatic carbocycles. The molecule has 0 fully saturated rings. The fourth-order valence-corrected chi connectivity index (χ4v) is 4.44. The normalized spacial score (nSPS) is 15.1. The highest BCUT2D eigenvalue weighted by Crippen LogP contribution is 2.41. The molecule has 0 bridgehead atoms. The number of amides is 1. The van der Waals surface area contributed by atoms with Gasteiger partial charge in [-0.3, -0.25) is 4.79 Å². The first-order chi connectivity index (χ1) is 13.0. The lowest BCUT2D eigenvalue weighted by Gasteiger charge is -2.21. The third-order valence-electron chi connectivity index (χ3n) is 4.76. The largest absolute Gasteiger partial charge is 0.504 e. The summed E-state index contributed by atoms with van der Waals surface area (Å²) in [5.74, 6) is 0.584. The SMILES string of the molecule is C[C@H](N)CC(=O)N1CCOc2c(O)cc(-c3csc4ccccc34)cc2C1. The molecule has 1 aliphatic heterocycles. The Morgan fingerprint density at radius 3 is 3.00 bits per heavy atom. The summed E-state index contributed by atoms with van der Waals surface area (Å²) < 4.78 is 6.95. The number of thiophene rings is 1. The third-order valence-corrected chi connectivity index (χ3v) is 5.72. The minimum absolute atomic E-state index is 0.00678. The van der Waals surface area contributed by atoms with Crippen molar-refractivity contribution in [2.45, 2.75) is 25.9 Å². The highest BCUT2D eigenvalue weighted by Gasteiger charge is 2.23. The van der Waals surface area contributed by atoms with E-state index in [0.29, 0.717) is 31.9 Å². The van der Waals surface area contributed by atoms with E-state index in [1.54, 1.807) is 22.3 Å². The average Bonchev–Trinajstić information content (AvgIpc) is 2.93. The monoisotopic (exact) mass is 382 g/mol. The second-order valence-corrected chi connectivity index (χ2v) is 7.89. The number of nitrogens with zero attached hydrogens (tertiary/aromatic N) is 1. The van der Waals surface area contributed by atoms with Crippen LogP contribution < -0.4 is 10.5 Å². The van der Waals surface area contributed by atoms with Crippen molar-refractivity contribution in [1.29, 1.82) is 0 Å². The van der Waals surface area contributed by atoms with E-state index in [2.05, 4.69) is 17.5 Å². The van der Waals surface area contributed by atoms with Gasteiger partial charge in [-0.1, -0.05) is 18.2 Å². The number of carbonyl (C=O) groups excluding carboxylic acids is 1. The molecule has 3 aromatic rings. The van der Waals surface area contributed by atoms with Crippen LogP contribution in [0.15, 0.2) is 41.8 Å². The predicted molar refractivity (Wildman–Crippen MR) is 108 cm³/mol. The van der Waals surface area contributed by atoms with Gasteiger partial charge in [0.15, 0.2) is 11.5 Å². The van der Waals surface area contributed by atoms with E-state index in [0.717, 1.165) is 22.1 Å². The Balaban J connectivity index is 1.73. The van der Waals surface area contributed by atoms with E-state index in [4.69, 9.17) is 10.5 Å². The number of fused-ring (bicyclic) bond motifs is 2. The first-order valence-electron chi connectivity index (χ1n) is 9.01. The minimum Gasteiger partial charge on any atom is -0.504 e. The number of hydrogen-bond acceptors (Lipinski definition) is 5. The standard InChI is InChI=1S/C21H22N2O3S/c1-13(22)8-20(25)23-6-7-26-21-15(11-23)9-14(10-18(21)24)17-12-27-19-5-3-2-4-16(17)19/h2-5,9-10,12-13,24H,6-8,11,22H2,1H3/t13-/m0/s1. The molecule has 0 unspecified atom stereocenters. The summed E-state index contributed by atoms with van der Waals surface area (Å²) in [6, 6.07) is 11.8. The van der Waals surface area contributed by atoms with E-state index >= 15 is 0 Å². The van der Waals surface area contributed by atoms with E-state index in [-0.39, 0.29) is 17.7 Å². The molecular weight excluding hydrogens is 360 g/mol. The zero-order chi connectivity index (χ0) is 19.0. The molecule has 6 heteroatoms. The molecule has 1 aromatic heterocycles. The molecule has 0 spiro atoms. The number of ether oxygens (including phenoxy) is 1. The van der Waals surface area contributed by atoms with E-state index in [1.807, 2.05) is 25.1 Å². The summed E-state index contributed by atoms with van der Waals surface area (Å²) in [5.41, 5.74) is 8.60. The molecule has 0 radical (unpaired) electrons. The minimum atomic E-state index is -0.182. The molecule has 1 aliphatic rings. The Bertz CT molecular complexity index is 996. The van der Waals surface area contributed by atoms with Gasteiger partial charge in [0.1, 0.15) is 6.61 Å². The summed E-state index contributed by atoms with van der Waals surface area (Å²) in [6.45, 7) is 3.07. The van der Waals surface area contributed by atoms with Gasteiger partial charge in [-0.15, -0.1) is 11.3 Å². The molecule has 5 nitrogen and oxygen atoms in total. The quantitative estimate of drug-likeness (QED) is 0.724. The van der Waals surface area contributed by atoms with Gasteiger partial charge in [-0.25, -0.2) is 0 Å².